The normalized spacial score (nSPS) is 22.5. The Morgan fingerprint density at radius 3 is 1.30 bits per heavy atom. The molecule has 360 valence electrons. The van der Waals surface area contributed by atoms with Crippen molar-refractivity contribution in [1.82, 2.24) is 0 Å². The first-order valence-electron chi connectivity index (χ1n) is 23.4. The molecule has 0 bridgehead atoms. The van der Waals surface area contributed by atoms with Gasteiger partial charge in [-0.25, -0.2) is 4.57 Å². The number of esters is 2. The van der Waals surface area contributed by atoms with E-state index in [9.17, 15) is 44.6 Å². The molecule has 0 amide bonds. The minimum atomic E-state index is -5.14. The first kappa shape index (κ1) is 58.0. The minimum absolute atomic E-state index is 0.0358. The number of phosphoric ester groups is 1. The van der Waals surface area contributed by atoms with Crippen LogP contribution in [0, 0.1) is 0 Å². The van der Waals surface area contributed by atoms with E-state index in [1.807, 2.05) is 0 Å². The highest BCUT2D eigenvalue weighted by molar-refractivity contribution is 7.47. The molecular formula is C49H81O13P. The maximum atomic E-state index is 12.8. The molecule has 1 saturated carbocycles. The molecule has 1 aliphatic rings. The van der Waals surface area contributed by atoms with E-state index in [4.69, 9.17) is 18.5 Å². The molecule has 1 rings (SSSR count). The Balaban J connectivity index is 2.51. The molecule has 0 aromatic carbocycles. The average molecular weight is 909 g/mol. The van der Waals surface area contributed by atoms with E-state index < -0.39 is 75.7 Å². The largest absolute Gasteiger partial charge is 0.472 e. The zero-order valence-corrected chi connectivity index (χ0v) is 39.0. The topological polar surface area (TPSA) is 210 Å². The van der Waals surface area contributed by atoms with E-state index in [0.29, 0.717) is 19.3 Å². The number of phosphoric acid groups is 1. The molecule has 63 heavy (non-hydrogen) atoms. The highest BCUT2D eigenvalue weighted by atomic mass is 31.2. The van der Waals surface area contributed by atoms with Gasteiger partial charge < -0.3 is 39.9 Å². The number of carbonyl (C=O) groups excluding carboxylic acids is 2. The Morgan fingerprint density at radius 2 is 0.857 bits per heavy atom. The smallest absolute Gasteiger partial charge is 0.462 e. The van der Waals surface area contributed by atoms with Gasteiger partial charge in [-0.2, -0.15) is 0 Å². The second kappa shape index (κ2) is 38.3. The fourth-order valence-corrected chi connectivity index (χ4v) is 7.37. The van der Waals surface area contributed by atoms with Gasteiger partial charge in [-0.1, -0.05) is 131 Å². The van der Waals surface area contributed by atoms with E-state index in [1.165, 1.54) is 38.5 Å². The SMILES string of the molecule is CCCCC/C=C\C/C=C\C/C=C\C/C=C\CCCCCC(=O)OC[C@H](COP(=O)(O)OC1C(O)C(O)C(O)[C@@H](O)C1O)OC(=O)CCCC/C=C\C/C=C\C/C=C\CCCCC. The second-order valence-electron chi connectivity index (χ2n) is 15.9. The number of ether oxygens (including phenoxy) is 2. The predicted molar refractivity (Wildman–Crippen MR) is 248 cm³/mol. The van der Waals surface area contributed by atoms with Crippen LogP contribution in [-0.4, -0.2) is 98.3 Å². The fraction of sp³-hybridized carbons (Fsp3) is 0.673. The summed E-state index contributed by atoms with van der Waals surface area (Å²) >= 11 is 0. The molecule has 1 fully saturated rings. The Kier molecular flexibility index (Phi) is 35.3. The number of rotatable bonds is 37. The Hall–Kier alpha value is -2.97. The van der Waals surface area contributed by atoms with Crippen LogP contribution in [0.1, 0.15) is 155 Å². The minimum Gasteiger partial charge on any atom is -0.462 e. The lowest BCUT2D eigenvalue weighted by atomic mass is 9.85. The number of hydrogen-bond acceptors (Lipinski definition) is 12. The maximum Gasteiger partial charge on any atom is 0.472 e. The van der Waals surface area contributed by atoms with Gasteiger partial charge in [0.15, 0.2) is 6.10 Å². The van der Waals surface area contributed by atoms with Gasteiger partial charge >= 0.3 is 19.8 Å². The molecular weight excluding hydrogens is 827 g/mol. The molecule has 0 radical (unpaired) electrons. The number of allylic oxidation sites excluding steroid dienone is 14. The van der Waals surface area contributed by atoms with Crippen LogP contribution < -0.4 is 0 Å². The van der Waals surface area contributed by atoms with E-state index in [0.717, 1.165) is 70.6 Å². The van der Waals surface area contributed by atoms with Crippen LogP contribution in [0.2, 0.25) is 0 Å². The zero-order valence-electron chi connectivity index (χ0n) is 38.1. The standard InChI is InChI=1S/C49H81O13P/c1-3-5-7-9-11-13-15-17-19-20-21-22-24-25-27-29-31-33-35-37-42(50)59-39-41(40-60-63(57,58)62-49-47(55)45(53)44(52)46(54)48(49)56)61-43(51)38-36-34-32-30-28-26-23-18-16-14-12-10-8-6-4-2/h11-14,17-19,21-23,25,27-28,30,41,44-49,52-56H,3-10,15-16,20,24,26,29,31-40H2,1-2H3,(H,57,58)/b13-11-,14-12-,19-17-,22-21-,23-18-,27-25-,30-28-/t41-,44?,45-,46?,47?,48?,49?/m1/s1. The third-order valence-corrected chi connectivity index (χ3v) is 11.2. The molecule has 6 unspecified atom stereocenters. The van der Waals surface area contributed by atoms with Crippen LogP contribution in [0.4, 0.5) is 0 Å². The summed E-state index contributed by atoms with van der Waals surface area (Å²) in [6, 6.07) is 0. The summed E-state index contributed by atoms with van der Waals surface area (Å²) in [5.74, 6) is -1.19. The van der Waals surface area contributed by atoms with Crippen LogP contribution in [0.3, 0.4) is 0 Å². The van der Waals surface area contributed by atoms with Gasteiger partial charge in [-0.05, 0) is 96.3 Å². The first-order chi connectivity index (χ1) is 30.4. The molecule has 0 spiro atoms. The van der Waals surface area contributed by atoms with E-state index >= 15 is 0 Å². The molecule has 8 atom stereocenters. The van der Waals surface area contributed by atoms with Gasteiger partial charge in [0, 0.05) is 12.8 Å². The Bertz CT molecular complexity index is 1420. The summed E-state index contributed by atoms with van der Waals surface area (Å²) in [7, 11) is -5.14. The molecule has 0 aromatic heterocycles. The summed E-state index contributed by atoms with van der Waals surface area (Å²) in [5, 5.41) is 50.1. The highest BCUT2D eigenvalue weighted by Gasteiger charge is 2.51. The van der Waals surface area contributed by atoms with Crippen molar-refractivity contribution in [2.24, 2.45) is 0 Å². The van der Waals surface area contributed by atoms with E-state index in [1.54, 1.807) is 0 Å². The summed E-state index contributed by atoms with van der Waals surface area (Å²) in [6.07, 6.45) is 36.3. The Morgan fingerprint density at radius 1 is 0.492 bits per heavy atom. The van der Waals surface area contributed by atoms with Crippen LogP contribution in [0.15, 0.2) is 85.1 Å². The van der Waals surface area contributed by atoms with E-state index in [2.05, 4.69) is 98.9 Å². The molecule has 0 aromatic rings. The van der Waals surface area contributed by atoms with Gasteiger partial charge in [0.05, 0.1) is 6.61 Å². The first-order valence-corrected chi connectivity index (χ1v) is 24.9. The summed E-state index contributed by atoms with van der Waals surface area (Å²) < 4.78 is 33.5. The third kappa shape index (κ3) is 30.7. The monoisotopic (exact) mass is 909 g/mol. The van der Waals surface area contributed by atoms with Gasteiger partial charge in [0.1, 0.15) is 43.2 Å². The second-order valence-corrected chi connectivity index (χ2v) is 17.3. The van der Waals surface area contributed by atoms with Crippen molar-refractivity contribution in [3.63, 3.8) is 0 Å². The summed E-state index contributed by atoms with van der Waals surface area (Å²) in [4.78, 5) is 35.7. The number of hydrogen-bond donors (Lipinski definition) is 6. The fourth-order valence-electron chi connectivity index (χ4n) is 6.39. The van der Waals surface area contributed by atoms with Crippen LogP contribution in [-0.2, 0) is 32.7 Å². The van der Waals surface area contributed by atoms with Crippen molar-refractivity contribution in [3.05, 3.63) is 85.1 Å². The lowest BCUT2D eigenvalue weighted by Gasteiger charge is -2.41. The molecule has 0 aliphatic heterocycles. The lowest BCUT2D eigenvalue weighted by molar-refractivity contribution is -0.220. The van der Waals surface area contributed by atoms with Gasteiger partial charge in [-0.15, -0.1) is 0 Å². The summed E-state index contributed by atoms with van der Waals surface area (Å²) in [5.41, 5.74) is 0. The van der Waals surface area contributed by atoms with Gasteiger partial charge in [-0.3, -0.25) is 18.6 Å². The number of carbonyl (C=O) groups is 2. The Labute approximate surface area is 378 Å². The van der Waals surface area contributed by atoms with Crippen molar-refractivity contribution in [3.8, 4) is 0 Å². The predicted octanol–water partition coefficient (Wildman–Crippen LogP) is 9.28. The van der Waals surface area contributed by atoms with Gasteiger partial charge in [0.25, 0.3) is 0 Å². The highest BCUT2D eigenvalue weighted by Crippen LogP contribution is 2.47. The van der Waals surface area contributed by atoms with E-state index in [-0.39, 0.29) is 12.8 Å². The quantitative estimate of drug-likeness (QED) is 0.0149. The molecule has 0 saturated heterocycles. The number of aliphatic hydroxyl groups excluding tert-OH is 5. The lowest BCUT2D eigenvalue weighted by Crippen LogP contribution is -2.64. The van der Waals surface area contributed by atoms with Crippen LogP contribution in [0.5, 0.6) is 0 Å². The molecule has 14 heteroatoms. The average Bonchev–Trinajstić information content (AvgIpc) is 3.26. The van der Waals surface area contributed by atoms with Crippen molar-refractivity contribution in [2.45, 2.75) is 198 Å². The zero-order chi connectivity index (χ0) is 46.4. The third-order valence-electron chi connectivity index (χ3n) is 10.2. The van der Waals surface area contributed by atoms with Crippen molar-refractivity contribution in [1.29, 1.82) is 0 Å². The molecule has 0 heterocycles. The molecule has 6 N–H and O–H groups in total. The van der Waals surface area contributed by atoms with Crippen LogP contribution in [0.25, 0.3) is 0 Å². The van der Waals surface area contributed by atoms with Crippen molar-refractivity contribution in [2.75, 3.05) is 13.2 Å². The number of unbranched alkanes of at least 4 members (excludes halogenated alkanes) is 11. The number of aliphatic hydroxyl groups is 5. The van der Waals surface area contributed by atoms with Gasteiger partial charge in [0.2, 0.25) is 0 Å². The molecule has 13 nitrogen and oxygen atoms in total. The van der Waals surface area contributed by atoms with Crippen LogP contribution >= 0.6 is 7.82 Å². The summed E-state index contributed by atoms with van der Waals surface area (Å²) in [6.45, 7) is 3.17. The van der Waals surface area contributed by atoms with Crippen molar-refractivity contribution >= 4 is 19.8 Å². The van der Waals surface area contributed by atoms with Crippen molar-refractivity contribution < 1.29 is 63.1 Å². The maximum absolute atomic E-state index is 12.8. The molecule has 1 aliphatic carbocycles.